The Morgan fingerprint density at radius 1 is 1.06 bits per heavy atom. The van der Waals surface area contributed by atoms with Gasteiger partial charge in [0, 0.05) is 25.6 Å². The summed E-state index contributed by atoms with van der Waals surface area (Å²) in [6.45, 7) is 13.3. The van der Waals surface area contributed by atoms with Gasteiger partial charge in [-0.05, 0) is 20.3 Å². The van der Waals surface area contributed by atoms with E-state index < -0.39 is 0 Å². The van der Waals surface area contributed by atoms with Crippen molar-refractivity contribution < 1.29 is 0 Å². The molecule has 0 saturated heterocycles. The predicted molar refractivity (Wildman–Crippen MR) is 76.3 cm³/mol. The number of hydrogen-bond acceptors (Lipinski definition) is 5. The number of aromatic nitrogens is 3. The van der Waals surface area contributed by atoms with E-state index in [2.05, 4.69) is 59.8 Å². The number of rotatable bonds is 7. The zero-order valence-corrected chi connectivity index (χ0v) is 12.2. The average Bonchev–Trinajstić information content (AvgIpc) is 2.37. The first kappa shape index (κ1) is 14.7. The van der Waals surface area contributed by atoms with E-state index in [4.69, 9.17) is 0 Å². The highest BCUT2D eigenvalue weighted by molar-refractivity contribution is 5.37. The van der Waals surface area contributed by atoms with Crippen LogP contribution in [0.25, 0.3) is 0 Å². The first-order valence-electron chi connectivity index (χ1n) is 6.87. The molecule has 0 unspecified atom stereocenters. The smallest absolute Gasteiger partial charge is 0.230 e. The van der Waals surface area contributed by atoms with Gasteiger partial charge in [-0.3, -0.25) is 0 Å². The third kappa shape index (κ3) is 3.82. The molecule has 0 atom stereocenters. The molecule has 0 spiro atoms. The number of hydrogen-bond donors (Lipinski definition) is 1. The molecule has 1 aromatic heterocycles. The van der Waals surface area contributed by atoms with E-state index in [0.717, 1.165) is 37.8 Å². The van der Waals surface area contributed by atoms with Crippen molar-refractivity contribution in [2.75, 3.05) is 29.9 Å². The van der Waals surface area contributed by atoms with Crippen molar-refractivity contribution >= 4 is 11.9 Å². The van der Waals surface area contributed by atoms with E-state index >= 15 is 0 Å². The fourth-order valence-electron chi connectivity index (χ4n) is 1.60. The van der Waals surface area contributed by atoms with Gasteiger partial charge in [-0.15, -0.1) is 0 Å². The summed E-state index contributed by atoms with van der Waals surface area (Å²) in [6, 6.07) is 0. The van der Waals surface area contributed by atoms with Gasteiger partial charge in [-0.25, -0.2) is 0 Å². The zero-order valence-electron chi connectivity index (χ0n) is 12.2. The monoisotopic (exact) mass is 251 g/mol. The van der Waals surface area contributed by atoms with Crippen molar-refractivity contribution in [1.82, 2.24) is 15.0 Å². The molecule has 0 fully saturated rings. The summed E-state index contributed by atoms with van der Waals surface area (Å²) in [5, 5.41) is 3.24. The molecule has 18 heavy (non-hydrogen) atoms. The molecule has 0 aliphatic heterocycles. The minimum Gasteiger partial charge on any atom is -0.354 e. The molecule has 0 aliphatic carbocycles. The minimum atomic E-state index is 0.310. The summed E-state index contributed by atoms with van der Waals surface area (Å²) in [7, 11) is 0. The molecule has 1 rings (SSSR count). The Kier molecular flexibility index (Phi) is 5.82. The lowest BCUT2D eigenvalue weighted by Crippen LogP contribution is -2.25. The summed E-state index contributed by atoms with van der Waals surface area (Å²) in [5.41, 5.74) is 0. The van der Waals surface area contributed by atoms with E-state index in [1.165, 1.54) is 0 Å². The minimum absolute atomic E-state index is 0.310. The van der Waals surface area contributed by atoms with Crippen LogP contribution in [0.4, 0.5) is 11.9 Å². The predicted octanol–water partition coefficient (Wildman–Crippen LogP) is 2.66. The van der Waals surface area contributed by atoms with Crippen LogP contribution in [0.1, 0.15) is 52.8 Å². The van der Waals surface area contributed by atoms with Crippen molar-refractivity contribution in [3.63, 3.8) is 0 Å². The van der Waals surface area contributed by atoms with Crippen LogP contribution in [-0.2, 0) is 0 Å². The first-order valence-corrected chi connectivity index (χ1v) is 6.87. The summed E-state index contributed by atoms with van der Waals surface area (Å²) >= 11 is 0. The second kappa shape index (κ2) is 7.13. The summed E-state index contributed by atoms with van der Waals surface area (Å²) in [4.78, 5) is 15.6. The van der Waals surface area contributed by atoms with Crippen molar-refractivity contribution in [3.05, 3.63) is 5.82 Å². The molecule has 0 saturated carbocycles. The van der Waals surface area contributed by atoms with E-state index in [1.54, 1.807) is 0 Å². The maximum Gasteiger partial charge on any atom is 0.230 e. The van der Waals surface area contributed by atoms with Crippen LogP contribution in [0.15, 0.2) is 0 Å². The molecule has 5 heteroatoms. The molecule has 0 radical (unpaired) electrons. The number of nitrogens with zero attached hydrogens (tertiary/aromatic N) is 4. The molecule has 1 heterocycles. The van der Waals surface area contributed by atoms with Crippen LogP contribution >= 0.6 is 0 Å². The third-order valence-corrected chi connectivity index (χ3v) is 2.74. The van der Waals surface area contributed by atoms with Gasteiger partial charge in [-0.1, -0.05) is 20.8 Å². The second-order valence-electron chi connectivity index (χ2n) is 4.57. The highest BCUT2D eigenvalue weighted by atomic mass is 15.3. The fourth-order valence-corrected chi connectivity index (χ4v) is 1.60. The van der Waals surface area contributed by atoms with E-state index in [9.17, 15) is 0 Å². The lowest BCUT2D eigenvalue weighted by molar-refractivity contribution is 0.733. The van der Waals surface area contributed by atoms with E-state index in [1.807, 2.05) is 0 Å². The van der Waals surface area contributed by atoms with Crippen LogP contribution in [0.3, 0.4) is 0 Å². The van der Waals surface area contributed by atoms with Gasteiger partial charge >= 0.3 is 0 Å². The molecular weight excluding hydrogens is 226 g/mol. The Morgan fingerprint density at radius 2 is 1.72 bits per heavy atom. The van der Waals surface area contributed by atoms with Gasteiger partial charge < -0.3 is 10.2 Å². The zero-order chi connectivity index (χ0) is 13.5. The quantitative estimate of drug-likeness (QED) is 0.807. The molecule has 0 bridgehead atoms. The molecule has 5 nitrogen and oxygen atoms in total. The van der Waals surface area contributed by atoms with Crippen molar-refractivity contribution in [1.29, 1.82) is 0 Å². The van der Waals surface area contributed by atoms with Crippen molar-refractivity contribution in [3.8, 4) is 0 Å². The standard InChI is InChI=1S/C13H25N5/c1-6-9-14-12-15-11(10(4)5)16-13(17-12)18(7-2)8-3/h10H,6-9H2,1-5H3,(H,14,15,16,17). The topological polar surface area (TPSA) is 53.9 Å². The molecular formula is C13H25N5. The molecule has 0 aliphatic rings. The summed E-state index contributed by atoms with van der Waals surface area (Å²) in [5.74, 6) is 2.63. The first-order chi connectivity index (χ1) is 8.62. The highest BCUT2D eigenvalue weighted by Crippen LogP contribution is 2.16. The summed E-state index contributed by atoms with van der Waals surface area (Å²) < 4.78 is 0. The Morgan fingerprint density at radius 3 is 2.22 bits per heavy atom. The van der Waals surface area contributed by atoms with E-state index in [-0.39, 0.29) is 0 Å². The van der Waals surface area contributed by atoms with Gasteiger partial charge in [0.05, 0.1) is 0 Å². The number of nitrogens with one attached hydrogen (secondary N) is 1. The van der Waals surface area contributed by atoms with Gasteiger partial charge in [0.1, 0.15) is 5.82 Å². The molecule has 0 amide bonds. The maximum absolute atomic E-state index is 4.55. The van der Waals surface area contributed by atoms with Gasteiger partial charge in [0.25, 0.3) is 0 Å². The molecule has 102 valence electrons. The Balaban J connectivity index is 3.04. The molecule has 1 N–H and O–H groups in total. The van der Waals surface area contributed by atoms with Crippen LogP contribution in [0.2, 0.25) is 0 Å². The molecule has 1 aromatic rings. The molecule has 0 aromatic carbocycles. The lowest BCUT2D eigenvalue weighted by Gasteiger charge is -2.20. The summed E-state index contributed by atoms with van der Waals surface area (Å²) in [6.07, 6.45) is 1.06. The van der Waals surface area contributed by atoms with Gasteiger partial charge in [0.2, 0.25) is 11.9 Å². The fraction of sp³-hybridized carbons (Fsp3) is 0.769. The van der Waals surface area contributed by atoms with E-state index in [0.29, 0.717) is 11.9 Å². The second-order valence-corrected chi connectivity index (χ2v) is 4.57. The van der Waals surface area contributed by atoms with Crippen LogP contribution in [0, 0.1) is 0 Å². The van der Waals surface area contributed by atoms with Crippen LogP contribution in [-0.4, -0.2) is 34.6 Å². The maximum atomic E-state index is 4.55. The largest absolute Gasteiger partial charge is 0.354 e. The average molecular weight is 251 g/mol. The van der Waals surface area contributed by atoms with Gasteiger partial charge in [0.15, 0.2) is 0 Å². The van der Waals surface area contributed by atoms with Gasteiger partial charge in [-0.2, -0.15) is 15.0 Å². The highest BCUT2D eigenvalue weighted by Gasteiger charge is 2.12. The number of anilines is 2. The van der Waals surface area contributed by atoms with Crippen molar-refractivity contribution in [2.24, 2.45) is 0 Å². The van der Waals surface area contributed by atoms with Crippen LogP contribution in [0.5, 0.6) is 0 Å². The Bertz CT molecular complexity index is 360. The SMILES string of the molecule is CCCNc1nc(C(C)C)nc(N(CC)CC)n1. The Hall–Kier alpha value is -1.39. The van der Waals surface area contributed by atoms with Crippen LogP contribution < -0.4 is 10.2 Å². The normalized spacial score (nSPS) is 10.8. The third-order valence-electron chi connectivity index (χ3n) is 2.74. The lowest BCUT2D eigenvalue weighted by atomic mass is 10.2. The Labute approximate surface area is 110 Å². The van der Waals surface area contributed by atoms with Crippen molar-refractivity contribution in [2.45, 2.75) is 47.0 Å².